The van der Waals surface area contributed by atoms with Crippen LogP contribution in [-0.2, 0) is 19.4 Å². The van der Waals surface area contributed by atoms with Gasteiger partial charge in [-0.05, 0) is 32.7 Å². The Bertz CT molecular complexity index is 389. The molecular weight excluding hydrogens is 268 g/mol. The predicted octanol–water partition coefficient (Wildman–Crippen LogP) is -0.224. The third-order valence-corrected chi connectivity index (χ3v) is 4.93. The number of rotatable bonds is 6. The molecule has 0 bridgehead atoms. The molecule has 0 aliphatic carbocycles. The molecule has 1 atom stereocenters. The molecule has 0 saturated carbocycles. The molecule has 0 aromatic rings. The number of carbonyl (C=O) groups excluding carboxylic acids is 1. The Kier molecular flexibility index (Phi) is 6.22. The fourth-order valence-electron chi connectivity index (χ4n) is 2.02. The molecule has 1 heterocycles. The van der Waals surface area contributed by atoms with Crippen LogP contribution in [0, 0.1) is 0 Å². The number of amides is 1. The topological polar surface area (TPSA) is 89.7 Å². The van der Waals surface area contributed by atoms with Gasteiger partial charge < -0.3 is 15.4 Å². The van der Waals surface area contributed by atoms with E-state index in [-0.39, 0.29) is 12.0 Å². The van der Waals surface area contributed by atoms with Gasteiger partial charge in [0.25, 0.3) is 0 Å². The molecule has 1 unspecified atom stereocenters. The number of nitrogens with zero attached hydrogens (tertiary/aromatic N) is 1. The number of piperidine rings is 1. The monoisotopic (exact) mass is 292 g/mol. The predicted molar refractivity (Wildman–Crippen MR) is 73.5 cm³/mol. The Morgan fingerprint density at radius 1 is 1.42 bits per heavy atom. The maximum absolute atomic E-state index is 12.0. The number of sulfone groups is 1. The third kappa shape index (κ3) is 5.08. The minimum Gasteiger partial charge on any atom is -0.378 e. The fourth-order valence-corrected chi connectivity index (χ4v) is 2.53. The minimum absolute atomic E-state index is 0.157. The lowest BCUT2D eigenvalue weighted by Gasteiger charge is -2.33. The molecule has 6 nitrogen and oxygen atoms in total. The lowest BCUT2D eigenvalue weighted by molar-refractivity contribution is -0.133. The van der Waals surface area contributed by atoms with Crippen LogP contribution in [0.25, 0.3) is 0 Å². The van der Waals surface area contributed by atoms with Gasteiger partial charge in [0, 0.05) is 26.0 Å². The Hall–Kier alpha value is -0.660. The van der Waals surface area contributed by atoms with Crippen molar-refractivity contribution in [3.8, 4) is 0 Å². The van der Waals surface area contributed by atoms with Gasteiger partial charge in [-0.15, -0.1) is 0 Å². The summed E-state index contributed by atoms with van der Waals surface area (Å²) >= 11 is 0. The average molecular weight is 292 g/mol. The van der Waals surface area contributed by atoms with Crippen molar-refractivity contribution in [3.63, 3.8) is 0 Å². The van der Waals surface area contributed by atoms with Gasteiger partial charge in [0.1, 0.15) is 5.25 Å². The summed E-state index contributed by atoms with van der Waals surface area (Å²) in [4.78, 5) is 13.6. The van der Waals surface area contributed by atoms with E-state index in [9.17, 15) is 13.2 Å². The first-order valence-electron chi connectivity index (χ1n) is 6.65. The van der Waals surface area contributed by atoms with Crippen molar-refractivity contribution in [2.24, 2.45) is 5.73 Å². The van der Waals surface area contributed by atoms with Crippen LogP contribution in [0.5, 0.6) is 0 Å². The highest BCUT2D eigenvalue weighted by Gasteiger charge is 2.31. The summed E-state index contributed by atoms with van der Waals surface area (Å²) in [5.74, 6) is -0.303. The van der Waals surface area contributed by atoms with Crippen molar-refractivity contribution in [2.75, 3.05) is 32.5 Å². The zero-order valence-electron chi connectivity index (χ0n) is 11.7. The molecular formula is C12H24N2O4S. The van der Waals surface area contributed by atoms with Crippen LogP contribution < -0.4 is 5.73 Å². The number of carbonyl (C=O) groups is 1. The van der Waals surface area contributed by atoms with Gasteiger partial charge in [0.2, 0.25) is 5.91 Å². The van der Waals surface area contributed by atoms with Crippen LogP contribution in [0.3, 0.4) is 0 Å². The molecule has 1 amide bonds. The summed E-state index contributed by atoms with van der Waals surface area (Å²) in [6, 6.07) is 0. The van der Waals surface area contributed by atoms with Crippen LogP contribution in [0.15, 0.2) is 0 Å². The Labute approximate surface area is 115 Å². The highest BCUT2D eigenvalue weighted by molar-refractivity contribution is 7.92. The van der Waals surface area contributed by atoms with Crippen LogP contribution in [0.4, 0.5) is 0 Å². The van der Waals surface area contributed by atoms with Crippen molar-refractivity contribution in [3.05, 3.63) is 0 Å². The molecule has 1 rings (SSSR count). The quantitative estimate of drug-likeness (QED) is 0.683. The first kappa shape index (κ1) is 16.4. The zero-order chi connectivity index (χ0) is 14.5. The Balaban J connectivity index is 2.39. The van der Waals surface area contributed by atoms with Crippen LogP contribution >= 0.6 is 0 Å². The van der Waals surface area contributed by atoms with Crippen molar-refractivity contribution in [1.82, 2.24) is 4.90 Å². The third-order valence-electron chi connectivity index (χ3n) is 3.45. The number of ether oxygens (including phenoxy) is 1. The highest BCUT2D eigenvalue weighted by atomic mass is 32.2. The lowest BCUT2D eigenvalue weighted by atomic mass is 10.1. The van der Waals surface area contributed by atoms with Gasteiger partial charge in [-0.25, -0.2) is 8.42 Å². The lowest BCUT2D eigenvalue weighted by Crippen LogP contribution is -2.46. The first-order valence-corrected chi connectivity index (χ1v) is 8.61. The maximum Gasteiger partial charge on any atom is 0.240 e. The van der Waals surface area contributed by atoms with E-state index in [2.05, 4.69) is 0 Å². The van der Waals surface area contributed by atoms with Crippen LogP contribution in [0.1, 0.15) is 26.2 Å². The summed E-state index contributed by atoms with van der Waals surface area (Å²) in [5, 5.41) is -0.956. The van der Waals surface area contributed by atoms with E-state index < -0.39 is 15.1 Å². The molecule has 0 aromatic heterocycles. The number of hydrogen-bond acceptors (Lipinski definition) is 5. The molecule has 1 aliphatic heterocycles. The van der Waals surface area contributed by atoms with E-state index in [1.807, 2.05) is 0 Å². The molecule has 1 fully saturated rings. The van der Waals surface area contributed by atoms with Crippen LogP contribution in [-0.4, -0.2) is 63.1 Å². The second-order valence-electron chi connectivity index (χ2n) is 5.01. The van der Waals surface area contributed by atoms with Crippen molar-refractivity contribution < 1.29 is 17.9 Å². The van der Waals surface area contributed by atoms with Crippen molar-refractivity contribution in [1.29, 1.82) is 0 Å². The highest BCUT2D eigenvalue weighted by Crippen LogP contribution is 2.16. The van der Waals surface area contributed by atoms with Crippen molar-refractivity contribution in [2.45, 2.75) is 37.5 Å². The number of hydrogen-bond donors (Lipinski definition) is 1. The van der Waals surface area contributed by atoms with Gasteiger partial charge in [0.15, 0.2) is 9.84 Å². The van der Waals surface area contributed by atoms with Gasteiger partial charge in [-0.1, -0.05) is 0 Å². The van der Waals surface area contributed by atoms with E-state index in [0.29, 0.717) is 26.2 Å². The summed E-state index contributed by atoms with van der Waals surface area (Å²) in [7, 11) is -3.32. The summed E-state index contributed by atoms with van der Waals surface area (Å²) in [6.07, 6.45) is 3.60. The molecule has 2 N–H and O–H groups in total. The van der Waals surface area contributed by atoms with E-state index in [0.717, 1.165) is 25.5 Å². The maximum atomic E-state index is 12.0. The molecule has 0 aromatic carbocycles. The zero-order valence-corrected chi connectivity index (χ0v) is 12.5. The largest absolute Gasteiger partial charge is 0.378 e. The molecule has 112 valence electrons. The number of nitrogens with two attached hydrogens (primary N) is 1. The first-order chi connectivity index (χ1) is 8.86. The van der Waals surface area contributed by atoms with Gasteiger partial charge in [-0.2, -0.15) is 0 Å². The second kappa shape index (κ2) is 7.21. The van der Waals surface area contributed by atoms with Gasteiger partial charge in [0.05, 0.1) is 6.10 Å². The van der Waals surface area contributed by atoms with E-state index in [1.165, 1.54) is 6.92 Å². The SMILES string of the molecule is CC(C(=O)N1CCC(OCCCN)CC1)S(C)(=O)=O. The second-order valence-corrected chi connectivity index (χ2v) is 7.38. The average Bonchev–Trinajstić information content (AvgIpc) is 2.37. The molecule has 0 radical (unpaired) electrons. The van der Waals surface area contributed by atoms with Crippen molar-refractivity contribution >= 4 is 15.7 Å². The van der Waals surface area contributed by atoms with E-state index >= 15 is 0 Å². The molecule has 1 saturated heterocycles. The molecule has 1 aliphatic rings. The van der Waals surface area contributed by atoms with Crippen LogP contribution in [0.2, 0.25) is 0 Å². The summed E-state index contributed by atoms with van der Waals surface area (Å²) in [6.45, 7) is 3.83. The minimum atomic E-state index is -3.32. The van der Waals surface area contributed by atoms with Gasteiger partial charge in [-0.3, -0.25) is 4.79 Å². The van der Waals surface area contributed by atoms with E-state index in [1.54, 1.807) is 4.90 Å². The smallest absolute Gasteiger partial charge is 0.240 e. The van der Waals surface area contributed by atoms with Gasteiger partial charge >= 0.3 is 0 Å². The molecule has 0 spiro atoms. The summed E-state index contributed by atoms with van der Waals surface area (Å²) < 4.78 is 28.4. The normalized spacial score (nSPS) is 19.4. The molecule has 7 heteroatoms. The Morgan fingerprint density at radius 2 is 2.00 bits per heavy atom. The van der Waals surface area contributed by atoms with E-state index in [4.69, 9.17) is 10.5 Å². The fraction of sp³-hybridized carbons (Fsp3) is 0.917. The summed E-state index contributed by atoms with van der Waals surface area (Å²) in [5.41, 5.74) is 5.39. The molecule has 19 heavy (non-hydrogen) atoms. The number of likely N-dealkylation sites (tertiary alicyclic amines) is 1. The standard InChI is InChI=1S/C12H24N2O4S/c1-10(19(2,16)17)12(15)14-7-4-11(5-8-14)18-9-3-6-13/h10-11H,3-9,13H2,1-2H3. The Morgan fingerprint density at radius 3 is 2.47 bits per heavy atom.